The highest BCUT2D eigenvalue weighted by Gasteiger charge is 2.01. The summed E-state index contributed by atoms with van der Waals surface area (Å²) in [7, 11) is 0. The molecule has 3 aromatic carbocycles. The average molecular weight is 296 g/mol. The fourth-order valence-electron chi connectivity index (χ4n) is 2.13. The Morgan fingerprint density at radius 3 is 2.24 bits per heavy atom. The third-order valence-electron chi connectivity index (χ3n) is 3.09. The van der Waals surface area contributed by atoms with Gasteiger partial charge in [-0.25, -0.2) is 4.39 Å². The Bertz CT molecular complexity index is 801. The molecule has 0 fully saturated rings. The smallest absolute Gasteiger partial charge is 0.175 e. The van der Waals surface area contributed by atoms with Gasteiger partial charge in [0.25, 0.3) is 0 Å². The molecule has 0 saturated heterocycles. The lowest BCUT2D eigenvalue weighted by Crippen LogP contribution is -2.19. The van der Waals surface area contributed by atoms with Gasteiger partial charge in [0, 0.05) is 11.4 Å². The fourth-order valence-corrected chi connectivity index (χ4v) is 2.36. The number of rotatable bonds is 2. The van der Waals surface area contributed by atoms with E-state index in [1.54, 1.807) is 12.1 Å². The van der Waals surface area contributed by atoms with Crippen LogP contribution in [0.2, 0.25) is 0 Å². The second-order valence-electron chi connectivity index (χ2n) is 4.65. The zero-order valence-corrected chi connectivity index (χ0v) is 12.0. The van der Waals surface area contributed by atoms with Crippen molar-refractivity contribution in [1.82, 2.24) is 0 Å². The van der Waals surface area contributed by atoms with Crippen molar-refractivity contribution in [3.63, 3.8) is 0 Å². The molecule has 0 atom stereocenters. The van der Waals surface area contributed by atoms with Gasteiger partial charge < -0.3 is 10.6 Å². The molecular formula is C17H13FN2S. The highest BCUT2D eigenvalue weighted by atomic mass is 32.1. The van der Waals surface area contributed by atoms with Gasteiger partial charge in [-0.15, -0.1) is 0 Å². The number of anilines is 2. The summed E-state index contributed by atoms with van der Waals surface area (Å²) in [5.74, 6) is -0.298. The number of halogens is 1. The quantitative estimate of drug-likeness (QED) is 0.665. The number of thiocarbonyl (C=S) groups is 1. The molecule has 3 aromatic rings. The molecule has 21 heavy (non-hydrogen) atoms. The van der Waals surface area contributed by atoms with Gasteiger partial charge >= 0.3 is 0 Å². The van der Waals surface area contributed by atoms with Crippen LogP contribution in [0.25, 0.3) is 10.8 Å². The lowest BCUT2D eigenvalue weighted by Gasteiger charge is -2.11. The molecule has 0 amide bonds. The van der Waals surface area contributed by atoms with Gasteiger partial charge in [0.05, 0.1) is 0 Å². The van der Waals surface area contributed by atoms with E-state index in [1.165, 1.54) is 17.5 Å². The van der Waals surface area contributed by atoms with Crippen molar-refractivity contribution >= 4 is 39.5 Å². The topological polar surface area (TPSA) is 24.1 Å². The maximum atomic E-state index is 13.1. The van der Waals surface area contributed by atoms with Crippen LogP contribution in [0.5, 0.6) is 0 Å². The van der Waals surface area contributed by atoms with E-state index in [2.05, 4.69) is 16.7 Å². The van der Waals surface area contributed by atoms with Crippen molar-refractivity contribution in [3.05, 3.63) is 72.5 Å². The van der Waals surface area contributed by atoms with Crippen LogP contribution in [0.4, 0.5) is 15.8 Å². The minimum Gasteiger partial charge on any atom is -0.332 e. The highest BCUT2D eigenvalue weighted by molar-refractivity contribution is 7.80. The van der Waals surface area contributed by atoms with Crippen molar-refractivity contribution in [3.8, 4) is 0 Å². The first-order valence-corrected chi connectivity index (χ1v) is 6.94. The molecule has 0 heterocycles. The number of hydrogen-bond donors (Lipinski definition) is 2. The Labute approximate surface area is 127 Å². The number of benzene rings is 3. The Hall–Kier alpha value is -2.46. The first-order valence-electron chi connectivity index (χ1n) is 6.53. The van der Waals surface area contributed by atoms with E-state index < -0.39 is 0 Å². The van der Waals surface area contributed by atoms with Crippen LogP contribution >= 0.6 is 12.2 Å². The summed E-state index contributed by atoms with van der Waals surface area (Å²) < 4.78 is 13.1. The molecule has 0 spiro atoms. The van der Waals surface area contributed by atoms with Crippen LogP contribution in [-0.4, -0.2) is 5.11 Å². The highest BCUT2D eigenvalue weighted by Crippen LogP contribution is 2.19. The lowest BCUT2D eigenvalue weighted by molar-refractivity contribution is 0.628. The predicted octanol–water partition coefficient (Wildman–Crippen LogP) is 4.79. The Balaban J connectivity index is 1.74. The standard InChI is InChI=1S/C17H13FN2S/c18-14-6-3-7-15(11-14)19-17(21)20-16-9-8-12-4-1-2-5-13(12)10-16/h1-11H,(H2,19,20,21). The van der Waals surface area contributed by atoms with E-state index in [0.717, 1.165) is 11.1 Å². The Kier molecular flexibility index (Phi) is 3.79. The van der Waals surface area contributed by atoms with Gasteiger partial charge in [-0.3, -0.25) is 0 Å². The second kappa shape index (κ2) is 5.89. The molecule has 0 unspecified atom stereocenters. The van der Waals surface area contributed by atoms with Crippen molar-refractivity contribution in [2.75, 3.05) is 10.6 Å². The Morgan fingerprint density at radius 1 is 0.762 bits per heavy atom. The SMILES string of the molecule is Fc1cccc(NC(=S)Nc2ccc3ccccc3c2)c1. The molecule has 0 aromatic heterocycles. The summed E-state index contributed by atoms with van der Waals surface area (Å²) in [5, 5.41) is 8.79. The summed E-state index contributed by atoms with van der Waals surface area (Å²) >= 11 is 5.24. The van der Waals surface area contributed by atoms with E-state index >= 15 is 0 Å². The molecule has 104 valence electrons. The summed E-state index contributed by atoms with van der Waals surface area (Å²) in [6.45, 7) is 0. The first kappa shape index (κ1) is 13.5. The average Bonchev–Trinajstić information content (AvgIpc) is 2.47. The maximum absolute atomic E-state index is 13.1. The first-order chi connectivity index (χ1) is 10.2. The lowest BCUT2D eigenvalue weighted by atomic mass is 10.1. The molecular weight excluding hydrogens is 283 g/mol. The predicted molar refractivity (Wildman–Crippen MR) is 90.2 cm³/mol. The van der Waals surface area contributed by atoms with E-state index in [-0.39, 0.29) is 5.82 Å². The van der Waals surface area contributed by atoms with Crippen LogP contribution in [0.1, 0.15) is 0 Å². The van der Waals surface area contributed by atoms with E-state index in [9.17, 15) is 4.39 Å². The van der Waals surface area contributed by atoms with Crippen LogP contribution < -0.4 is 10.6 Å². The zero-order chi connectivity index (χ0) is 14.7. The van der Waals surface area contributed by atoms with Crippen molar-refractivity contribution < 1.29 is 4.39 Å². The van der Waals surface area contributed by atoms with Crippen LogP contribution in [0, 0.1) is 5.82 Å². The van der Waals surface area contributed by atoms with E-state index in [0.29, 0.717) is 10.8 Å². The van der Waals surface area contributed by atoms with Gasteiger partial charge in [0.15, 0.2) is 5.11 Å². The number of hydrogen-bond acceptors (Lipinski definition) is 1. The molecule has 2 N–H and O–H groups in total. The normalized spacial score (nSPS) is 10.3. The van der Waals surface area contributed by atoms with Crippen LogP contribution in [0.3, 0.4) is 0 Å². The summed E-state index contributed by atoms with van der Waals surface area (Å²) in [6, 6.07) is 20.3. The van der Waals surface area contributed by atoms with E-state index in [4.69, 9.17) is 12.2 Å². The number of fused-ring (bicyclic) bond motifs is 1. The largest absolute Gasteiger partial charge is 0.332 e. The molecule has 0 radical (unpaired) electrons. The second-order valence-corrected chi connectivity index (χ2v) is 5.06. The summed E-state index contributed by atoms with van der Waals surface area (Å²) in [5.41, 5.74) is 1.51. The maximum Gasteiger partial charge on any atom is 0.175 e. The fraction of sp³-hybridized carbons (Fsp3) is 0. The third-order valence-corrected chi connectivity index (χ3v) is 3.29. The molecule has 0 bridgehead atoms. The monoisotopic (exact) mass is 296 g/mol. The number of nitrogens with one attached hydrogen (secondary N) is 2. The van der Waals surface area contributed by atoms with Crippen LogP contribution in [-0.2, 0) is 0 Å². The molecule has 3 rings (SSSR count). The molecule has 2 nitrogen and oxygen atoms in total. The van der Waals surface area contributed by atoms with Gasteiger partial charge in [0.2, 0.25) is 0 Å². The minimum absolute atomic E-state index is 0.298. The van der Waals surface area contributed by atoms with Crippen molar-refractivity contribution in [1.29, 1.82) is 0 Å². The third kappa shape index (κ3) is 3.35. The van der Waals surface area contributed by atoms with E-state index in [1.807, 2.05) is 36.4 Å². The zero-order valence-electron chi connectivity index (χ0n) is 11.1. The van der Waals surface area contributed by atoms with Crippen LogP contribution in [0.15, 0.2) is 66.7 Å². The molecule has 0 aliphatic carbocycles. The van der Waals surface area contributed by atoms with Crippen molar-refractivity contribution in [2.24, 2.45) is 0 Å². The Morgan fingerprint density at radius 2 is 1.48 bits per heavy atom. The molecule has 0 aliphatic heterocycles. The van der Waals surface area contributed by atoms with Gasteiger partial charge in [-0.1, -0.05) is 36.4 Å². The molecule has 0 aliphatic rings. The molecule has 0 saturated carbocycles. The minimum atomic E-state index is -0.298. The summed E-state index contributed by atoms with van der Waals surface area (Å²) in [4.78, 5) is 0. The summed E-state index contributed by atoms with van der Waals surface area (Å²) in [6.07, 6.45) is 0. The van der Waals surface area contributed by atoms with Gasteiger partial charge in [0.1, 0.15) is 5.82 Å². The van der Waals surface area contributed by atoms with Gasteiger partial charge in [-0.2, -0.15) is 0 Å². The van der Waals surface area contributed by atoms with Gasteiger partial charge in [-0.05, 0) is 53.3 Å². The van der Waals surface area contributed by atoms with Crippen molar-refractivity contribution in [2.45, 2.75) is 0 Å². The molecule has 4 heteroatoms.